The summed E-state index contributed by atoms with van der Waals surface area (Å²) in [7, 11) is 0. The number of benzene rings is 3. The van der Waals surface area contributed by atoms with E-state index < -0.39 is 0 Å². The molecule has 0 bridgehead atoms. The number of hydrogen-bond donors (Lipinski definition) is 1. The van der Waals surface area contributed by atoms with Crippen LogP contribution in [0.1, 0.15) is 16.7 Å². The number of carbonyl (C=O) groups is 2. The molecule has 3 aromatic carbocycles. The van der Waals surface area contributed by atoms with Gasteiger partial charge in [-0.15, -0.1) is 0 Å². The molecule has 3 aromatic rings. The molecule has 2 atom stereocenters. The standard InChI is InChI=1S/C19H21NO3.C12H15NO3/c21-19-15-23-14-18(13-22-12-17-9-5-2-6-10-17)20(19)11-16-7-3-1-4-8-16;14-7-11-8-16-9-12(15)13(11)6-10-4-2-1-3-5-10/h1-10,18H,11-15H2;1-5,11,14H,6-9H2/t18-;11-/m11/s1. The SMILES string of the molecule is O=C1COC[C@@H](CO)N1Cc1ccccc1.O=C1COC[C@@H](COCc2ccccc2)N1Cc1ccccc1. The Morgan fingerprint density at radius 3 is 1.59 bits per heavy atom. The van der Waals surface area contributed by atoms with Crippen LogP contribution in [0.25, 0.3) is 0 Å². The molecule has 2 saturated heterocycles. The number of aliphatic hydroxyl groups is 1. The van der Waals surface area contributed by atoms with Crippen molar-refractivity contribution in [2.45, 2.75) is 31.8 Å². The first-order valence-electron chi connectivity index (χ1n) is 13.2. The van der Waals surface area contributed by atoms with E-state index in [2.05, 4.69) is 0 Å². The molecule has 8 heteroatoms. The highest BCUT2D eigenvalue weighted by molar-refractivity contribution is 5.79. The summed E-state index contributed by atoms with van der Waals surface area (Å²) < 4.78 is 16.3. The fraction of sp³-hybridized carbons (Fsp3) is 0.355. The minimum Gasteiger partial charge on any atom is -0.394 e. The van der Waals surface area contributed by atoms with E-state index in [9.17, 15) is 14.7 Å². The number of hydrogen-bond acceptors (Lipinski definition) is 6. The number of morpholine rings is 2. The molecular formula is C31H36N2O6. The molecular weight excluding hydrogens is 496 g/mol. The van der Waals surface area contributed by atoms with Gasteiger partial charge >= 0.3 is 0 Å². The quantitative estimate of drug-likeness (QED) is 0.456. The van der Waals surface area contributed by atoms with Crippen LogP contribution in [-0.4, -0.2) is 78.4 Å². The molecule has 2 aliphatic heterocycles. The largest absolute Gasteiger partial charge is 0.394 e. The van der Waals surface area contributed by atoms with Gasteiger partial charge in [-0.3, -0.25) is 9.59 Å². The molecule has 0 saturated carbocycles. The monoisotopic (exact) mass is 532 g/mol. The fourth-order valence-electron chi connectivity index (χ4n) is 4.49. The average molecular weight is 533 g/mol. The number of rotatable bonds is 9. The van der Waals surface area contributed by atoms with Gasteiger partial charge in [0.2, 0.25) is 11.8 Å². The topological polar surface area (TPSA) is 88.5 Å². The van der Waals surface area contributed by atoms with Crippen molar-refractivity contribution in [3.05, 3.63) is 108 Å². The molecule has 0 aliphatic carbocycles. The van der Waals surface area contributed by atoms with E-state index >= 15 is 0 Å². The van der Waals surface area contributed by atoms with Crippen molar-refractivity contribution in [1.29, 1.82) is 0 Å². The third-order valence-electron chi connectivity index (χ3n) is 6.62. The van der Waals surface area contributed by atoms with Gasteiger partial charge in [0, 0.05) is 13.1 Å². The minimum absolute atomic E-state index is 0.0217. The molecule has 2 fully saturated rings. The van der Waals surface area contributed by atoms with E-state index in [1.165, 1.54) is 0 Å². The van der Waals surface area contributed by atoms with Crippen LogP contribution in [0.15, 0.2) is 91.0 Å². The Morgan fingerprint density at radius 1 is 0.667 bits per heavy atom. The van der Waals surface area contributed by atoms with Gasteiger partial charge in [-0.25, -0.2) is 0 Å². The molecule has 2 aliphatic rings. The molecule has 8 nitrogen and oxygen atoms in total. The van der Waals surface area contributed by atoms with Crippen molar-refractivity contribution in [2.75, 3.05) is 39.6 Å². The van der Waals surface area contributed by atoms with Gasteiger partial charge in [0.25, 0.3) is 0 Å². The summed E-state index contributed by atoms with van der Waals surface area (Å²) in [5, 5.41) is 9.18. The van der Waals surface area contributed by atoms with Crippen molar-refractivity contribution in [2.24, 2.45) is 0 Å². The smallest absolute Gasteiger partial charge is 0.249 e. The van der Waals surface area contributed by atoms with E-state index in [0.717, 1.165) is 16.7 Å². The molecule has 2 amide bonds. The summed E-state index contributed by atoms with van der Waals surface area (Å²) in [6, 6.07) is 29.5. The van der Waals surface area contributed by atoms with Crippen LogP contribution in [0, 0.1) is 0 Å². The second-order valence-corrected chi connectivity index (χ2v) is 9.54. The maximum absolute atomic E-state index is 12.2. The summed E-state index contributed by atoms with van der Waals surface area (Å²) in [5.41, 5.74) is 3.32. The van der Waals surface area contributed by atoms with E-state index in [4.69, 9.17) is 14.2 Å². The molecule has 206 valence electrons. The van der Waals surface area contributed by atoms with E-state index in [1.54, 1.807) is 4.90 Å². The van der Waals surface area contributed by atoms with Crippen molar-refractivity contribution in [3.63, 3.8) is 0 Å². The molecule has 0 radical (unpaired) electrons. The van der Waals surface area contributed by atoms with Gasteiger partial charge in [0.1, 0.15) is 13.2 Å². The highest BCUT2D eigenvalue weighted by Gasteiger charge is 2.29. The molecule has 0 spiro atoms. The molecule has 0 aromatic heterocycles. The summed E-state index contributed by atoms with van der Waals surface area (Å²) in [6.45, 7) is 3.31. The number of carbonyl (C=O) groups excluding carboxylic acids is 2. The van der Waals surface area contributed by atoms with Crippen LogP contribution in [0.4, 0.5) is 0 Å². The normalized spacial score (nSPS) is 19.4. The maximum atomic E-state index is 12.2. The summed E-state index contributed by atoms with van der Waals surface area (Å²) in [5.74, 6) is -0.0393. The summed E-state index contributed by atoms with van der Waals surface area (Å²) >= 11 is 0. The molecule has 0 unspecified atom stereocenters. The lowest BCUT2D eigenvalue weighted by molar-refractivity contribution is -0.152. The van der Waals surface area contributed by atoms with E-state index in [-0.39, 0.29) is 43.7 Å². The second kappa shape index (κ2) is 15.1. The van der Waals surface area contributed by atoms with Crippen LogP contribution in [0.3, 0.4) is 0 Å². The van der Waals surface area contributed by atoms with Gasteiger partial charge in [-0.05, 0) is 16.7 Å². The van der Waals surface area contributed by atoms with Crippen LogP contribution >= 0.6 is 0 Å². The predicted molar refractivity (Wildman–Crippen MR) is 146 cm³/mol. The molecule has 1 N–H and O–H groups in total. The van der Waals surface area contributed by atoms with Gasteiger partial charge in [-0.2, -0.15) is 0 Å². The zero-order chi connectivity index (χ0) is 27.3. The van der Waals surface area contributed by atoms with Crippen molar-refractivity contribution in [3.8, 4) is 0 Å². The van der Waals surface area contributed by atoms with Crippen LogP contribution in [-0.2, 0) is 43.5 Å². The van der Waals surface area contributed by atoms with Gasteiger partial charge in [0.15, 0.2) is 0 Å². The predicted octanol–water partition coefficient (Wildman–Crippen LogP) is 3.04. The minimum atomic E-state index is -0.221. The Labute approximate surface area is 229 Å². The number of amides is 2. The lowest BCUT2D eigenvalue weighted by atomic mass is 10.1. The Morgan fingerprint density at radius 2 is 1.10 bits per heavy atom. The van der Waals surface area contributed by atoms with Crippen LogP contribution in [0.2, 0.25) is 0 Å². The van der Waals surface area contributed by atoms with Crippen LogP contribution < -0.4 is 0 Å². The number of aliphatic hydroxyl groups excluding tert-OH is 1. The first-order valence-corrected chi connectivity index (χ1v) is 13.2. The Hall–Kier alpha value is -3.56. The summed E-state index contributed by atoms with van der Waals surface area (Å²) in [4.78, 5) is 27.4. The Bertz CT molecular complexity index is 1150. The first-order chi connectivity index (χ1) is 19.1. The second-order valence-electron chi connectivity index (χ2n) is 9.54. The molecule has 39 heavy (non-hydrogen) atoms. The van der Waals surface area contributed by atoms with Gasteiger partial charge in [-0.1, -0.05) is 91.0 Å². The van der Waals surface area contributed by atoms with E-state index in [1.807, 2.05) is 95.9 Å². The highest BCUT2D eigenvalue weighted by Crippen LogP contribution is 2.15. The molecule has 5 rings (SSSR count). The van der Waals surface area contributed by atoms with Crippen LogP contribution in [0.5, 0.6) is 0 Å². The van der Waals surface area contributed by atoms with Gasteiger partial charge < -0.3 is 29.1 Å². The first kappa shape index (κ1) is 28.4. The number of nitrogens with zero attached hydrogens (tertiary/aromatic N) is 2. The maximum Gasteiger partial charge on any atom is 0.249 e. The van der Waals surface area contributed by atoms with Gasteiger partial charge in [0.05, 0.1) is 45.1 Å². The molecule has 2 heterocycles. The zero-order valence-corrected chi connectivity index (χ0v) is 22.1. The zero-order valence-electron chi connectivity index (χ0n) is 22.1. The van der Waals surface area contributed by atoms with E-state index in [0.29, 0.717) is 39.5 Å². The lowest BCUT2D eigenvalue weighted by Gasteiger charge is -2.35. The highest BCUT2D eigenvalue weighted by atomic mass is 16.5. The Balaban J connectivity index is 0.000000193. The Kier molecular flexibility index (Phi) is 11.0. The fourth-order valence-corrected chi connectivity index (χ4v) is 4.49. The van der Waals surface area contributed by atoms with Crippen molar-refractivity contribution >= 4 is 11.8 Å². The summed E-state index contributed by atoms with van der Waals surface area (Å²) in [6.07, 6.45) is 0. The third kappa shape index (κ3) is 8.73. The number of ether oxygens (including phenoxy) is 3. The average Bonchev–Trinajstić information content (AvgIpc) is 2.98. The third-order valence-corrected chi connectivity index (χ3v) is 6.62. The van der Waals surface area contributed by atoms with Crippen molar-refractivity contribution in [1.82, 2.24) is 9.80 Å². The lowest BCUT2D eigenvalue weighted by Crippen LogP contribution is -2.50. The van der Waals surface area contributed by atoms with Crippen molar-refractivity contribution < 1.29 is 28.9 Å².